The summed E-state index contributed by atoms with van der Waals surface area (Å²) in [6, 6.07) is 7.16. The van der Waals surface area contributed by atoms with Gasteiger partial charge >= 0.3 is 6.03 Å². The van der Waals surface area contributed by atoms with Gasteiger partial charge in [0.15, 0.2) is 0 Å². The second-order valence-electron chi connectivity index (χ2n) is 7.85. The predicted octanol–water partition coefficient (Wildman–Crippen LogP) is 2.24. The van der Waals surface area contributed by atoms with Crippen LogP contribution < -0.4 is 20.7 Å². The predicted molar refractivity (Wildman–Crippen MR) is 106 cm³/mol. The first-order valence-electron chi connectivity index (χ1n) is 9.72. The van der Waals surface area contributed by atoms with Gasteiger partial charge in [0.2, 0.25) is 0 Å². The lowest BCUT2D eigenvalue weighted by molar-refractivity contribution is 0.0907. The lowest BCUT2D eigenvalue weighted by Crippen LogP contribution is -2.47. The third kappa shape index (κ3) is 8.15. The maximum absolute atomic E-state index is 12.0. The SMILES string of the molecule is CC(C)(CO)NC[C@H](O)COc1ccc(NC(=O)NC2CCCCC2)cc1. The summed E-state index contributed by atoms with van der Waals surface area (Å²) in [5.41, 5.74) is 0.259. The van der Waals surface area contributed by atoms with E-state index in [0.29, 0.717) is 18.0 Å². The van der Waals surface area contributed by atoms with E-state index in [1.807, 2.05) is 13.8 Å². The maximum Gasteiger partial charge on any atom is 0.319 e. The fraction of sp³-hybridized carbons (Fsp3) is 0.650. The highest BCUT2D eigenvalue weighted by Gasteiger charge is 2.17. The summed E-state index contributed by atoms with van der Waals surface area (Å²) in [6.07, 6.45) is 5.02. The number of urea groups is 1. The third-order valence-electron chi connectivity index (χ3n) is 4.71. The van der Waals surface area contributed by atoms with E-state index in [9.17, 15) is 15.0 Å². The Labute approximate surface area is 161 Å². The van der Waals surface area contributed by atoms with Gasteiger partial charge in [0.05, 0.1) is 6.61 Å². The van der Waals surface area contributed by atoms with E-state index < -0.39 is 11.6 Å². The number of carbonyl (C=O) groups excluding carboxylic acids is 1. The molecule has 2 amide bonds. The summed E-state index contributed by atoms with van der Waals surface area (Å²) in [7, 11) is 0. The van der Waals surface area contributed by atoms with E-state index in [2.05, 4.69) is 16.0 Å². The van der Waals surface area contributed by atoms with Gasteiger partial charge in [0, 0.05) is 23.8 Å². The Bertz CT molecular complexity index is 571. The molecule has 1 aliphatic rings. The number of benzene rings is 1. The van der Waals surface area contributed by atoms with Gasteiger partial charge in [-0.1, -0.05) is 19.3 Å². The van der Waals surface area contributed by atoms with E-state index in [1.165, 1.54) is 19.3 Å². The molecule has 1 aromatic carbocycles. The van der Waals surface area contributed by atoms with Gasteiger partial charge in [-0.05, 0) is 51.0 Å². The average molecular weight is 380 g/mol. The minimum atomic E-state index is -0.685. The molecule has 5 N–H and O–H groups in total. The van der Waals surface area contributed by atoms with Crippen LogP contribution in [0.2, 0.25) is 0 Å². The molecule has 152 valence electrons. The third-order valence-corrected chi connectivity index (χ3v) is 4.71. The molecule has 0 aliphatic heterocycles. The number of hydrogen-bond acceptors (Lipinski definition) is 5. The van der Waals surface area contributed by atoms with Crippen LogP contribution in [0.1, 0.15) is 46.0 Å². The number of aliphatic hydroxyl groups excluding tert-OH is 2. The van der Waals surface area contributed by atoms with Crippen molar-refractivity contribution < 1.29 is 19.7 Å². The number of carbonyl (C=O) groups is 1. The zero-order valence-electron chi connectivity index (χ0n) is 16.3. The lowest BCUT2D eigenvalue weighted by atomic mass is 9.96. The van der Waals surface area contributed by atoms with E-state index in [-0.39, 0.29) is 25.3 Å². The minimum absolute atomic E-state index is 0.0106. The highest BCUT2D eigenvalue weighted by Crippen LogP contribution is 2.18. The van der Waals surface area contributed by atoms with E-state index in [1.54, 1.807) is 24.3 Å². The molecule has 1 fully saturated rings. The first kappa shape index (κ1) is 21.5. The molecule has 27 heavy (non-hydrogen) atoms. The van der Waals surface area contributed by atoms with Crippen molar-refractivity contribution >= 4 is 11.7 Å². The Hall–Kier alpha value is -1.83. The molecule has 1 aliphatic carbocycles. The molecule has 7 heteroatoms. The number of amides is 2. The van der Waals surface area contributed by atoms with Gasteiger partial charge in [0.1, 0.15) is 18.5 Å². The quantitative estimate of drug-likeness (QED) is 0.453. The molecule has 0 aromatic heterocycles. The van der Waals surface area contributed by atoms with Gasteiger partial charge in [-0.3, -0.25) is 0 Å². The van der Waals surface area contributed by atoms with Crippen LogP contribution >= 0.6 is 0 Å². The molecule has 1 atom stereocenters. The van der Waals surface area contributed by atoms with Crippen LogP contribution in [0.25, 0.3) is 0 Å². The number of nitrogens with one attached hydrogen (secondary N) is 3. The van der Waals surface area contributed by atoms with Gasteiger partial charge in [0.25, 0.3) is 0 Å². The van der Waals surface area contributed by atoms with Crippen LogP contribution in [0.3, 0.4) is 0 Å². The van der Waals surface area contributed by atoms with Crippen LogP contribution in [-0.2, 0) is 0 Å². The largest absolute Gasteiger partial charge is 0.491 e. The Morgan fingerprint density at radius 2 is 1.89 bits per heavy atom. The molecule has 0 bridgehead atoms. The number of rotatable bonds is 9. The molecule has 2 rings (SSSR count). The number of anilines is 1. The minimum Gasteiger partial charge on any atom is -0.491 e. The van der Waals surface area contributed by atoms with Crippen molar-refractivity contribution in [3.05, 3.63) is 24.3 Å². The molecule has 0 radical (unpaired) electrons. The van der Waals surface area contributed by atoms with Crippen molar-refractivity contribution in [2.24, 2.45) is 0 Å². The Morgan fingerprint density at radius 1 is 1.22 bits per heavy atom. The molecule has 0 spiro atoms. The molecule has 7 nitrogen and oxygen atoms in total. The second-order valence-corrected chi connectivity index (χ2v) is 7.85. The number of β-amino-alcohol motifs (C(OH)–C–C–N with tert-alkyl or cyclic N) is 1. The van der Waals surface area contributed by atoms with Crippen molar-refractivity contribution in [1.29, 1.82) is 0 Å². The lowest BCUT2D eigenvalue weighted by Gasteiger charge is -2.25. The molecule has 0 heterocycles. The summed E-state index contributed by atoms with van der Waals surface area (Å²) in [4.78, 5) is 12.0. The van der Waals surface area contributed by atoms with Crippen LogP contribution in [0.15, 0.2) is 24.3 Å². The van der Waals surface area contributed by atoms with E-state index >= 15 is 0 Å². The zero-order chi connectivity index (χ0) is 19.7. The normalized spacial score (nSPS) is 16.6. The van der Waals surface area contributed by atoms with E-state index in [4.69, 9.17) is 4.74 Å². The van der Waals surface area contributed by atoms with Gasteiger partial charge in [-0.2, -0.15) is 0 Å². The Morgan fingerprint density at radius 3 is 2.52 bits per heavy atom. The summed E-state index contributed by atoms with van der Waals surface area (Å²) in [6.45, 7) is 4.18. The topological polar surface area (TPSA) is 103 Å². The van der Waals surface area contributed by atoms with Crippen LogP contribution in [0, 0.1) is 0 Å². The first-order chi connectivity index (χ1) is 12.9. The fourth-order valence-corrected chi connectivity index (χ4v) is 2.94. The molecule has 0 unspecified atom stereocenters. The summed E-state index contributed by atoms with van der Waals surface area (Å²) in [5.74, 6) is 0.619. The second kappa shape index (κ2) is 10.5. The van der Waals surface area contributed by atoms with Crippen LogP contribution in [0.4, 0.5) is 10.5 Å². The number of ether oxygens (including phenoxy) is 1. The monoisotopic (exact) mass is 379 g/mol. The molecular weight excluding hydrogens is 346 g/mol. The number of aliphatic hydroxyl groups is 2. The van der Waals surface area contributed by atoms with Crippen LogP contribution in [-0.4, -0.2) is 53.7 Å². The van der Waals surface area contributed by atoms with Gasteiger partial charge < -0.3 is 30.9 Å². The van der Waals surface area contributed by atoms with Crippen molar-refractivity contribution in [3.63, 3.8) is 0 Å². The van der Waals surface area contributed by atoms with Crippen LogP contribution in [0.5, 0.6) is 5.75 Å². The molecule has 0 saturated heterocycles. The highest BCUT2D eigenvalue weighted by atomic mass is 16.5. The van der Waals surface area contributed by atoms with Crippen molar-refractivity contribution in [2.45, 2.75) is 63.6 Å². The maximum atomic E-state index is 12.0. The first-order valence-corrected chi connectivity index (χ1v) is 9.72. The standard InChI is InChI=1S/C20H33N3O4/c1-20(2,14-24)21-12-17(25)13-27-18-10-8-16(9-11-18)23-19(26)22-15-6-4-3-5-7-15/h8-11,15,17,21,24-25H,3-7,12-14H2,1-2H3,(H2,22,23,26)/t17-/m0/s1. The summed E-state index contributed by atoms with van der Waals surface area (Å²) >= 11 is 0. The Kier molecular flexibility index (Phi) is 8.34. The summed E-state index contributed by atoms with van der Waals surface area (Å²) in [5, 5.41) is 28.1. The highest BCUT2D eigenvalue weighted by molar-refractivity contribution is 5.89. The summed E-state index contributed by atoms with van der Waals surface area (Å²) < 4.78 is 5.57. The van der Waals surface area contributed by atoms with Crippen molar-refractivity contribution in [2.75, 3.05) is 25.1 Å². The van der Waals surface area contributed by atoms with Crippen molar-refractivity contribution in [1.82, 2.24) is 10.6 Å². The smallest absolute Gasteiger partial charge is 0.319 e. The van der Waals surface area contributed by atoms with Gasteiger partial charge in [-0.25, -0.2) is 4.79 Å². The van der Waals surface area contributed by atoms with E-state index in [0.717, 1.165) is 12.8 Å². The Balaban J connectivity index is 1.70. The molecule has 1 saturated carbocycles. The van der Waals surface area contributed by atoms with Gasteiger partial charge in [-0.15, -0.1) is 0 Å². The zero-order valence-corrected chi connectivity index (χ0v) is 16.3. The molecular formula is C20H33N3O4. The number of hydrogen-bond donors (Lipinski definition) is 5. The fourth-order valence-electron chi connectivity index (χ4n) is 2.94. The van der Waals surface area contributed by atoms with Crippen molar-refractivity contribution in [3.8, 4) is 5.75 Å². The average Bonchev–Trinajstić information content (AvgIpc) is 2.66. The molecule has 1 aromatic rings.